The van der Waals surface area contributed by atoms with E-state index >= 15 is 0 Å². The zero-order valence-corrected chi connectivity index (χ0v) is 15.1. The molecule has 3 rings (SSSR count). The Bertz CT molecular complexity index is 918. The molecule has 2 aromatic rings. The molecule has 0 saturated carbocycles. The van der Waals surface area contributed by atoms with Crippen LogP contribution in [0.5, 0.6) is 5.75 Å². The summed E-state index contributed by atoms with van der Waals surface area (Å²) in [5, 5.41) is 18.7. The highest BCUT2D eigenvalue weighted by atomic mass is 16.5. The number of aromatic hydroxyl groups is 1. The number of ether oxygens (including phenoxy) is 1. The summed E-state index contributed by atoms with van der Waals surface area (Å²) in [6, 6.07) is 14.4. The molecule has 0 aromatic heterocycles. The SMILES string of the molecule is C=C1C=CN(c2cccc(O)c2)N=C1Cc1cccc(NC(=O)OCC)c1. The minimum absolute atomic E-state index is 0.180. The Balaban J connectivity index is 1.77. The summed E-state index contributed by atoms with van der Waals surface area (Å²) in [7, 11) is 0. The molecule has 1 aliphatic rings. The van der Waals surface area contributed by atoms with E-state index in [-0.39, 0.29) is 5.75 Å². The summed E-state index contributed by atoms with van der Waals surface area (Å²) < 4.78 is 4.90. The van der Waals surface area contributed by atoms with Crippen LogP contribution in [0, 0.1) is 0 Å². The first-order valence-electron chi connectivity index (χ1n) is 8.61. The lowest BCUT2D eigenvalue weighted by Gasteiger charge is -2.21. The molecule has 0 saturated heterocycles. The van der Waals surface area contributed by atoms with Crippen molar-refractivity contribution < 1.29 is 14.6 Å². The van der Waals surface area contributed by atoms with Crippen molar-refractivity contribution in [2.24, 2.45) is 5.10 Å². The van der Waals surface area contributed by atoms with Gasteiger partial charge in [0.1, 0.15) is 5.75 Å². The van der Waals surface area contributed by atoms with E-state index in [1.54, 1.807) is 42.4 Å². The standard InChI is InChI=1S/C21H21N3O3/c1-3-27-21(26)22-17-7-4-6-16(12-17)13-20-15(2)10-11-24(23-20)18-8-5-9-19(25)14-18/h4-12,14,25H,2-3,13H2,1H3,(H,22,26). The lowest BCUT2D eigenvalue weighted by Crippen LogP contribution is -2.19. The molecule has 1 amide bonds. The van der Waals surface area contributed by atoms with Crippen LogP contribution in [-0.4, -0.2) is 23.5 Å². The molecule has 0 spiro atoms. The van der Waals surface area contributed by atoms with Crippen molar-refractivity contribution in [1.29, 1.82) is 0 Å². The van der Waals surface area contributed by atoms with Gasteiger partial charge >= 0.3 is 6.09 Å². The van der Waals surface area contributed by atoms with Gasteiger partial charge in [-0.25, -0.2) is 9.80 Å². The first-order chi connectivity index (χ1) is 13.0. The second-order valence-corrected chi connectivity index (χ2v) is 5.97. The lowest BCUT2D eigenvalue weighted by atomic mass is 10.0. The lowest BCUT2D eigenvalue weighted by molar-refractivity contribution is 0.168. The average Bonchev–Trinajstić information content (AvgIpc) is 2.64. The Morgan fingerprint density at radius 2 is 2.07 bits per heavy atom. The van der Waals surface area contributed by atoms with Crippen LogP contribution in [0.25, 0.3) is 0 Å². The van der Waals surface area contributed by atoms with Crippen molar-refractivity contribution in [3.63, 3.8) is 0 Å². The van der Waals surface area contributed by atoms with Gasteiger partial charge in [0.2, 0.25) is 0 Å². The molecule has 0 aliphatic carbocycles. The summed E-state index contributed by atoms with van der Waals surface area (Å²) in [6.45, 7) is 6.13. The van der Waals surface area contributed by atoms with E-state index in [4.69, 9.17) is 4.74 Å². The number of carbonyl (C=O) groups excluding carboxylic acids is 1. The van der Waals surface area contributed by atoms with Gasteiger partial charge in [0.05, 0.1) is 18.0 Å². The monoisotopic (exact) mass is 363 g/mol. The second-order valence-electron chi connectivity index (χ2n) is 5.97. The highest BCUT2D eigenvalue weighted by Gasteiger charge is 2.14. The Labute approximate surface area is 158 Å². The van der Waals surface area contributed by atoms with Crippen LogP contribution in [0.2, 0.25) is 0 Å². The van der Waals surface area contributed by atoms with E-state index in [1.807, 2.05) is 30.3 Å². The number of phenolic OH excluding ortho intramolecular Hbond substituents is 1. The van der Waals surface area contributed by atoms with Gasteiger partial charge in [-0.1, -0.05) is 24.8 Å². The summed E-state index contributed by atoms with van der Waals surface area (Å²) in [4.78, 5) is 11.6. The number of rotatable bonds is 5. The molecule has 0 unspecified atom stereocenters. The molecule has 0 bridgehead atoms. The third-order valence-corrected chi connectivity index (χ3v) is 3.93. The molecule has 0 radical (unpaired) electrons. The normalized spacial score (nSPS) is 13.3. The fraction of sp³-hybridized carbons (Fsp3) is 0.143. The van der Waals surface area contributed by atoms with Crippen LogP contribution in [0.1, 0.15) is 12.5 Å². The van der Waals surface area contributed by atoms with Crippen molar-refractivity contribution in [3.05, 3.63) is 78.5 Å². The number of carbonyl (C=O) groups is 1. The number of nitrogens with one attached hydrogen (secondary N) is 1. The number of hydrogen-bond donors (Lipinski definition) is 2. The Hall–Kier alpha value is -3.54. The Morgan fingerprint density at radius 1 is 1.26 bits per heavy atom. The van der Waals surface area contributed by atoms with E-state index in [2.05, 4.69) is 17.0 Å². The molecule has 2 aromatic carbocycles. The summed E-state index contributed by atoms with van der Waals surface area (Å²) in [6.07, 6.45) is 3.76. The van der Waals surface area contributed by atoms with Crippen LogP contribution >= 0.6 is 0 Å². The minimum Gasteiger partial charge on any atom is -0.508 e. The fourth-order valence-corrected chi connectivity index (χ4v) is 2.65. The maximum absolute atomic E-state index is 11.6. The highest BCUT2D eigenvalue weighted by Crippen LogP contribution is 2.24. The van der Waals surface area contributed by atoms with Gasteiger partial charge in [0.25, 0.3) is 0 Å². The van der Waals surface area contributed by atoms with Gasteiger partial charge < -0.3 is 9.84 Å². The van der Waals surface area contributed by atoms with Gasteiger partial charge in [-0.15, -0.1) is 0 Å². The maximum Gasteiger partial charge on any atom is 0.411 e. The predicted octanol–water partition coefficient (Wildman–Crippen LogP) is 4.45. The van der Waals surface area contributed by atoms with Crippen LogP contribution < -0.4 is 10.3 Å². The summed E-state index contributed by atoms with van der Waals surface area (Å²) >= 11 is 0. The number of anilines is 2. The molecule has 1 aliphatic heterocycles. The smallest absolute Gasteiger partial charge is 0.411 e. The van der Waals surface area contributed by atoms with Crippen LogP contribution in [0.4, 0.5) is 16.2 Å². The molecular weight excluding hydrogens is 342 g/mol. The fourth-order valence-electron chi connectivity index (χ4n) is 2.65. The average molecular weight is 363 g/mol. The highest BCUT2D eigenvalue weighted by molar-refractivity contribution is 6.04. The zero-order valence-electron chi connectivity index (χ0n) is 15.1. The number of allylic oxidation sites excluding steroid dienone is 2. The number of hydrogen-bond acceptors (Lipinski definition) is 5. The van der Waals surface area contributed by atoms with Gasteiger partial charge in [-0.2, -0.15) is 5.10 Å². The van der Waals surface area contributed by atoms with Gasteiger partial charge in [0, 0.05) is 24.4 Å². The number of benzene rings is 2. The second kappa shape index (κ2) is 8.23. The molecular formula is C21H21N3O3. The summed E-state index contributed by atoms with van der Waals surface area (Å²) in [5.41, 5.74) is 4.02. The largest absolute Gasteiger partial charge is 0.508 e. The van der Waals surface area contributed by atoms with Crippen LogP contribution in [0.15, 0.2) is 78.1 Å². The first kappa shape index (κ1) is 18.3. The molecule has 138 valence electrons. The van der Waals surface area contributed by atoms with Crippen molar-refractivity contribution in [1.82, 2.24) is 0 Å². The maximum atomic E-state index is 11.6. The van der Waals surface area contributed by atoms with Gasteiger partial charge in [-0.3, -0.25) is 5.32 Å². The molecule has 2 N–H and O–H groups in total. The third-order valence-electron chi connectivity index (χ3n) is 3.93. The molecule has 1 heterocycles. The molecule has 0 fully saturated rings. The first-order valence-corrected chi connectivity index (χ1v) is 8.61. The number of hydrazone groups is 1. The molecule has 6 heteroatoms. The van der Waals surface area contributed by atoms with Crippen LogP contribution in [0.3, 0.4) is 0 Å². The van der Waals surface area contributed by atoms with Gasteiger partial charge in [-0.05, 0) is 48.4 Å². The van der Waals surface area contributed by atoms with E-state index in [1.165, 1.54) is 0 Å². The quantitative estimate of drug-likeness (QED) is 0.823. The van der Waals surface area contributed by atoms with Crippen molar-refractivity contribution in [3.8, 4) is 5.75 Å². The molecule has 6 nitrogen and oxygen atoms in total. The number of nitrogens with zero attached hydrogens (tertiary/aromatic N) is 2. The number of amides is 1. The third kappa shape index (κ3) is 4.76. The van der Waals surface area contributed by atoms with Crippen molar-refractivity contribution in [2.45, 2.75) is 13.3 Å². The predicted molar refractivity (Wildman–Crippen MR) is 107 cm³/mol. The van der Waals surface area contributed by atoms with E-state index in [9.17, 15) is 9.90 Å². The summed E-state index contributed by atoms with van der Waals surface area (Å²) in [5.74, 6) is 0.180. The van der Waals surface area contributed by atoms with Crippen LogP contribution in [-0.2, 0) is 11.2 Å². The minimum atomic E-state index is -0.480. The van der Waals surface area contributed by atoms with E-state index in [0.717, 1.165) is 22.5 Å². The Morgan fingerprint density at radius 3 is 2.85 bits per heavy atom. The van der Waals surface area contributed by atoms with E-state index in [0.29, 0.717) is 18.7 Å². The van der Waals surface area contributed by atoms with Crippen molar-refractivity contribution in [2.75, 3.05) is 16.9 Å². The topological polar surface area (TPSA) is 74.2 Å². The zero-order chi connectivity index (χ0) is 19.2. The van der Waals surface area contributed by atoms with E-state index < -0.39 is 6.09 Å². The Kier molecular flexibility index (Phi) is 5.56. The van der Waals surface area contributed by atoms with Gasteiger partial charge in [0.15, 0.2) is 0 Å². The molecule has 27 heavy (non-hydrogen) atoms. The molecule has 0 atom stereocenters. The van der Waals surface area contributed by atoms with Crippen molar-refractivity contribution >= 4 is 23.2 Å². The number of phenols is 1.